The molecule has 0 fully saturated rings. The van der Waals surface area contributed by atoms with E-state index >= 15 is 0 Å². The van der Waals surface area contributed by atoms with Crippen molar-refractivity contribution in [2.75, 3.05) is 32.8 Å². The number of hydrogen-bond acceptors (Lipinski definition) is 6. The van der Waals surface area contributed by atoms with Gasteiger partial charge in [-0.25, -0.2) is 4.39 Å². The molecule has 4 aromatic rings. The molecule has 0 atom stereocenters. The summed E-state index contributed by atoms with van der Waals surface area (Å²) in [7, 11) is 0. The molecule has 47 heavy (non-hydrogen) atoms. The molecule has 0 N–H and O–H groups in total. The maximum Gasteiger partial charge on any atom is 0.277 e. The monoisotopic (exact) mass is 656 g/mol. The van der Waals surface area contributed by atoms with E-state index in [0.717, 1.165) is 78.2 Å². The van der Waals surface area contributed by atoms with E-state index < -0.39 is 0 Å². The minimum Gasteiger partial charge on any atom is -0.494 e. The molecule has 0 saturated heterocycles. The van der Waals surface area contributed by atoms with Crippen LogP contribution >= 0.6 is 11.8 Å². The first kappa shape index (κ1) is 34.4. The third kappa shape index (κ3) is 9.11. The number of hydrogen-bond donors (Lipinski definition) is 0. The second-order valence-corrected chi connectivity index (χ2v) is 12.8. The van der Waals surface area contributed by atoms with Crippen LogP contribution < -0.4 is 10.3 Å². The van der Waals surface area contributed by atoms with E-state index in [4.69, 9.17) is 4.74 Å². The van der Waals surface area contributed by atoms with Crippen molar-refractivity contribution < 1.29 is 13.9 Å². The second kappa shape index (κ2) is 16.7. The highest BCUT2D eigenvalue weighted by Crippen LogP contribution is 2.27. The Kier molecular flexibility index (Phi) is 12.3. The number of carbonyl (C=O) groups is 1. The van der Waals surface area contributed by atoms with Gasteiger partial charge in [0.15, 0.2) is 5.16 Å². The lowest BCUT2D eigenvalue weighted by molar-refractivity contribution is -0.132. The summed E-state index contributed by atoms with van der Waals surface area (Å²) in [6.07, 6.45) is 3.28. The van der Waals surface area contributed by atoms with Crippen LogP contribution in [0.15, 0.2) is 82.7 Å². The van der Waals surface area contributed by atoms with Crippen molar-refractivity contribution in [2.45, 2.75) is 70.5 Å². The maximum absolute atomic E-state index is 14.2. The summed E-state index contributed by atoms with van der Waals surface area (Å²) in [4.78, 5) is 35.8. The van der Waals surface area contributed by atoms with Gasteiger partial charge in [0.2, 0.25) is 5.91 Å². The number of rotatable bonds is 16. The highest BCUT2D eigenvalue weighted by atomic mass is 32.2. The van der Waals surface area contributed by atoms with Gasteiger partial charge in [-0.05, 0) is 85.3 Å². The van der Waals surface area contributed by atoms with Crippen molar-refractivity contribution in [3.8, 4) is 16.9 Å². The van der Waals surface area contributed by atoms with E-state index in [0.29, 0.717) is 37.0 Å². The van der Waals surface area contributed by atoms with Crippen molar-refractivity contribution in [3.63, 3.8) is 0 Å². The molecule has 0 unspecified atom stereocenters. The standard InChI is InChI=1S/C38H45FN4O3S/c1-4-24-46-33-20-16-31(17-21-33)30-14-10-28(11-15-30)25-42(23-22-41(5-2)6-3)36(44)26-43-35-9-7-8-34(35)37(45)40-38(43)47-27-29-12-18-32(39)19-13-29/h10-21H,4-9,22-27H2,1-3H3. The van der Waals surface area contributed by atoms with E-state index in [-0.39, 0.29) is 23.8 Å². The first-order chi connectivity index (χ1) is 22.9. The van der Waals surface area contributed by atoms with Gasteiger partial charge >= 0.3 is 0 Å². The Bertz CT molecular complexity index is 1670. The van der Waals surface area contributed by atoms with Crippen LogP contribution in [-0.4, -0.2) is 58.0 Å². The molecule has 248 valence electrons. The number of fused-ring (bicyclic) bond motifs is 1. The molecule has 0 aliphatic heterocycles. The van der Waals surface area contributed by atoms with Crippen molar-refractivity contribution in [1.82, 2.24) is 19.4 Å². The fraction of sp³-hybridized carbons (Fsp3) is 0.395. The van der Waals surface area contributed by atoms with Gasteiger partial charge in [0, 0.05) is 36.6 Å². The van der Waals surface area contributed by atoms with E-state index in [9.17, 15) is 14.0 Å². The van der Waals surface area contributed by atoms with E-state index in [2.05, 4.69) is 67.1 Å². The van der Waals surface area contributed by atoms with Crippen LogP contribution in [0.5, 0.6) is 5.75 Å². The molecular weight excluding hydrogens is 612 g/mol. The molecular formula is C38H45FN4O3S. The van der Waals surface area contributed by atoms with Crippen molar-refractivity contribution in [1.29, 1.82) is 0 Å². The Balaban J connectivity index is 1.36. The highest BCUT2D eigenvalue weighted by Gasteiger charge is 2.25. The quantitative estimate of drug-likeness (QED) is 0.0957. The zero-order valence-corrected chi connectivity index (χ0v) is 28.5. The lowest BCUT2D eigenvalue weighted by atomic mass is 10.0. The number of amides is 1. The highest BCUT2D eigenvalue weighted by molar-refractivity contribution is 7.98. The van der Waals surface area contributed by atoms with Gasteiger partial charge in [0.1, 0.15) is 18.1 Å². The molecule has 1 aromatic heterocycles. The predicted molar refractivity (Wildman–Crippen MR) is 187 cm³/mol. The number of benzene rings is 3. The number of likely N-dealkylation sites (N-methyl/N-ethyl adjacent to an activating group) is 1. The van der Waals surface area contributed by atoms with Gasteiger partial charge in [-0.1, -0.05) is 81.1 Å². The predicted octanol–water partition coefficient (Wildman–Crippen LogP) is 6.99. The molecule has 7 nitrogen and oxygen atoms in total. The van der Waals surface area contributed by atoms with Crippen LogP contribution in [0.1, 0.15) is 56.0 Å². The summed E-state index contributed by atoms with van der Waals surface area (Å²) in [5, 5.41) is 0.535. The van der Waals surface area contributed by atoms with Crippen molar-refractivity contribution in [2.24, 2.45) is 0 Å². The normalized spacial score (nSPS) is 12.4. The maximum atomic E-state index is 14.2. The molecule has 0 spiro atoms. The number of carbonyl (C=O) groups excluding carboxylic acids is 1. The Labute approximate surface area is 281 Å². The van der Waals surface area contributed by atoms with Gasteiger partial charge in [-0.2, -0.15) is 4.98 Å². The van der Waals surface area contributed by atoms with Gasteiger partial charge in [0.25, 0.3) is 5.56 Å². The van der Waals surface area contributed by atoms with Crippen LogP contribution in [0.25, 0.3) is 11.1 Å². The van der Waals surface area contributed by atoms with Crippen molar-refractivity contribution >= 4 is 17.7 Å². The minimum atomic E-state index is -0.289. The first-order valence-electron chi connectivity index (χ1n) is 16.7. The van der Waals surface area contributed by atoms with Gasteiger partial charge < -0.3 is 19.1 Å². The molecule has 1 amide bonds. The van der Waals surface area contributed by atoms with E-state index in [1.165, 1.54) is 23.9 Å². The van der Waals surface area contributed by atoms with Gasteiger partial charge in [0.05, 0.1) is 6.61 Å². The number of aromatic nitrogens is 2. The van der Waals surface area contributed by atoms with Gasteiger partial charge in [-0.15, -0.1) is 0 Å². The molecule has 0 radical (unpaired) electrons. The topological polar surface area (TPSA) is 67.7 Å². The van der Waals surface area contributed by atoms with Crippen LogP contribution in [-0.2, 0) is 36.5 Å². The number of halogens is 1. The molecule has 5 rings (SSSR count). The minimum absolute atomic E-state index is 0.00733. The molecule has 1 heterocycles. The van der Waals surface area contributed by atoms with Gasteiger partial charge in [-0.3, -0.25) is 9.59 Å². The summed E-state index contributed by atoms with van der Waals surface area (Å²) in [6.45, 7) is 10.9. The Morgan fingerprint density at radius 3 is 2.21 bits per heavy atom. The van der Waals surface area contributed by atoms with Crippen LogP contribution in [0, 0.1) is 5.82 Å². The SMILES string of the molecule is CCCOc1ccc(-c2ccc(CN(CCN(CC)CC)C(=O)Cn3c(SCc4ccc(F)cc4)nc(=O)c4c3CCC4)cc2)cc1. The van der Waals surface area contributed by atoms with Crippen molar-refractivity contribution in [3.05, 3.63) is 111 Å². The smallest absolute Gasteiger partial charge is 0.277 e. The summed E-state index contributed by atoms with van der Waals surface area (Å²) in [5.41, 5.74) is 5.63. The lowest BCUT2D eigenvalue weighted by Gasteiger charge is -2.28. The third-order valence-corrected chi connectivity index (χ3v) is 9.74. The largest absolute Gasteiger partial charge is 0.494 e. The second-order valence-electron chi connectivity index (χ2n) is 11.9. The number of thioether (sulfide) groups is 1. The summed E-state index contributed by atoms with van der Waals surface area (Å²) < 4.78 is 21.2. The van der Waals surface area contributed by atoms with E-state index in [1.807, 2.05) is 21.6 Å². The molecule has 9 heteroatoms. The Hall–Kier alpha value is -3.95. The summed E-state index contributed by atoms with van der Waals surface area (Å²) >= 11 is 1.42. The summed E-state index contributed by atoms with van der Waals surface area (Å²) in [5.74, 6) is 1.09. The molecule has 0 saturated carbocycles. The number of ether oxygens (including phenoxy) is 1. The Morgan fingerprint density at radius 2 is 1.55 bits per heavy atom. The molecule has 1 aliphatic rings. The molecule has 1 aliphatic carbocycles. The Morgan fingerprint density at radius 1 is 0.894 bits per heavy atom. The summed E-state index contributed by atoms with van der Waals surface area (Å²) in [6, 6.07) is 22.9. The first-order valence-corrected chi connectivity index (χ1v) is 17.7. The van der Waals surface area contributed by atoms with Crippen LogP contribution in [0.2, 0.25) is 0 Å². The average Bonchev–Trinajstić information content (AvgIpc) is 3.60. The zero-order chi connectivity index (χ0) is 33.2. The fourth-order valence-electron chi connectivity index (χ4n) is 5.90. The number of nitrogens with zero attached hydrogens (tertiary/aromatic N) is 4. The zero-order valence-electron chi connectivity index (χ0n) is 27.7. The van der Waals surface area contributed by atoms with E-state index in [1.54, 1.807) is 12.1 Å². The lowest BCUT2D eigenvalue weighted by Crippen LogP contribution is -2.40. The average molecular weight is 657 g/mol. The van der Waals surface area contributed by atoms with Crippen LogP contribution in [0.3, 0.4) is 0 Å². The molecule has 3 aromatic carbocycles. The van der Waals surface area contributed by atoms with Crippen LogP contribution in [0.4, 0.5) is 4.39 Å². The molecule has 0 bridgehead atoms. The fourth-order valence-corrected chi connectivity index (χ4v) is 6.87. The third-order valence-electron chi connectivity index (χ3n) is 8.70.